The van der Waals surface area contributed by atoms with E-state index in [1.54, 1.807) is 29.9 Å². The number of alkyl halides is 3. The summed E-state index contributed by atoms with van der Waals surface area (Å²) in [6.45, 7) is 4.02. The Morgan fingerprint density at radius 1 is 0.952 bits per heavy atom. The standard InChI is InChI=1S/C44H49ClF3N11O4/c1-55-33-9-5-26(19-30(33)37-38(42(55)62)63-23-44(47,48)39(52-37)25-3-4-25)50-40-31(45)21-49-43(53-40)59-14-12-24(32(46)22-59)11-13-57-15-17-58(18-16-57)27-6-7-28-34(20-27)56(2)54-36(28)29-8-10-35(60)51-41(29)61/h5-7,9,19-21,24-25,29,32,39,52H,3-4,8,10-18,22-23H2,1-2H3,(H,49,50,53)(H,51,60,61)/t24?,29?,32-,39+/m1/s1. The molecule has 2 aromatic carbocycles. The second-order valence-electron chi connectivity index (χ2n) is 17.6. The second kappa shape index (κ2) is 16.2. The number of imide groups is 1. The van der Waals surface area contributed by atoms with Crippen LogP contribution in [0.5, 0.6) is 5.75 Å². The van der Waals surface area contributed by atoms with E-state index >= 15 is 13.2 Å². The van der Waals surface area contributed by atoms with Gasteiger partial charge in [0.1, 0.15) is 11.2 Å². The lowest BCUT2D eigenvalue weighted by Gasteiger charge is -2.38. The maximum atomic E-state index is 15.9. The summed E-state index contributed by atoms with van der Waals surface area (Å²) in [6.07, 6.45) is 3.90. The number of hydrogen-bond donors (Lipinski definition) is 3. The number of carbonyl (C=O) groups excluding carboxylic acids is 2. The molecule has 3 N–H and O–H groups in total. The lowest BCUT2D eigenvalue weighted by molar-refractivity contribution is -0.134. The van der Waals surface area contributed by atoms with Crippen molar-refractivity contribution in [3.63, 3.8) is 0 Å². The maximum absolute atomic E-state index is 15.9. The van der Waals surface area contributed by atoms with Gasteiger partial charge in [0.05, 0.1) is 47.1 Å². The molecule has 0 radical (unpaired) electrons. The molecule has 4 aliphatic heterocycles. The second-order valence-corrected chi connectivity index (χ2v) is 18.1. The molecular formula is C44H49ClF3N11O4. The molecule has 332 valence electrons. The number of pyridine rings is 1. The van der Waals surface area contributed by atoms with Crippen molar-refractivity contribution < 1.29 is 27.5 Å². The molecule has 2 amide bonds. The molecule has 5 aliphatic rings. The van der Waals surface area contributed by atoms with E-state index < -0.39 is 36.2 Å². The van der Waals surface area contributed by atoms with Crippen LogP contribution in [0.15, 0.2) is 47.4 Å². The summed E-state index contributed by atoms with van der Waals surface area (Å²) in [5.74, 6) is -3.94. The van der Waals surface area contributed by atoms with E-state index in [4.69, 9.17) is 21.3 Å². The monoisotopic (exact) mass is 887 g/mol. The van der Waals surface area contributed by atoms with Gasteiger partial charge in [0.15, 0.2) is 12.4 Å². The molecule has 1 aliphatic carbocycles. The highest BCUT2D eigenvalue weighted by Crippen LogP contribution is 2.46. The number of ether oxygens (including phenoxy) is 1. The number of anilines is 5. The largest absolute Gasteiger partial charge is 0.480 e. The molecule has 63 heavy (non-hydrogen) atoms. The van der Waals surface area contributed by atoms with Crippen molar-refractivity contribution in [2.24, 2.45) is 25.9 Å². The molecule has 2 unspecified atom stereocenters. The smallest absolute Gasteiger partial charge is 0.301 e. The number of piperazine rings is 1. The third kappa shape index (κ3) is 7.89. The summed E-state index contributed by atoms with van der Waals surface area (Å²) in [5.41, 5.74) is 3.55. The first-order chi connectivity index (χ1) is 30.3. The summed E-state index contributed by atoms with van der Waals surface area (Å²) < 4.78 is 54.9. The van der Waals surface area contributed by atoms with E-state index in [1.165, 1.54) is 10.8 Å². The summed E-state index contributed by atoms with van der Waals surface area (Å²) in [7, 11) is 3.45. The van der Waals surface area contributed by atoms with Gasteiger partial charge in [-0.05, 0) is 86.9 Å². The van der Waals surface area contributed by atoms with Crippen LogP contribution < -0.4 is 36.0 Å². The van der Waals surface area contributed by atoms with Crippen LogP contribution in [-0.2, 0) is 23.7 Å². The number of aromatic nitrogens is 5. The summed E-state index contributed by atoms with van der Waals surface area (Å²) in [6, 6.07) is 10.3. The van der Waals surface area contributed by atoms with Gasteiger partial charge in [-0.15, -0.1) is 0 Å². The fraction of sp³-hybridized carbons (Fsp3) is 0.500. The number of hydrogen-bond acceptors (Lipinski definition) is 12. The third-order valence-electron chi connectivity index (χ3n) is 13.5. The molecule has 4 atom stereocenters. The number of piperidine rings is 2. The number of nitrogens with one attached hydrogen (secondary N) is 3. The molecule has 0 spiro atoms. The zero-order valence-electron chi connectivity index (χ0n) is 35.1. The fourth-order valence-electron chi connectivity index (χ4n) is 9.74. The quantitative estimate of drug-likeness (QED) is 0.155. The fourth-order valence-corrected chi connectivity index (χ4v) is 9.88. The van der Waals surface area contributed by atoms with Crippen molar-refractivity contribution in [2.45, 2.75) is 62.6 Å². The van der Waals surface area contributed by atoms with Crippen molar-refractivity contribution in [1.82, 2.24) is 34.5 Å². The van der Waals surface area contributed by atoms with Gasteiger partial charge in [0.25, 0.3) is 5.56 Å². The van der Waals surface area contributed by atoms with Crippen LogP contribution in [-0.4, -0.2) is 112 Å². The Hall–Kier alpha value is -5.62. The predicted molar refractivity (Wildman–Crippen MR) is 234 cm³/mol. The van der Waals surface area contributed by atoms with Crippen LogP contribution in [0.1, 0.15) is 50.1 Å². The van der Waals surface area contributed by atoms with E-state index in [1.807, 2.05) is 18.0 Å². The van der Waals surface area contributed by atoms with Crippen LogP contribution in [0.25, 0.3) is 21.8 Å². The molecule has 0 bridgehead atoms. The minimum absolute atomic E-state index is 0.101. The van der Waals surface area contributed by atoms with Gasteiger partial charge in [0, 0.05) is 75.4 Å². The van der Waals surface area contributed by atoms with E-state index in [2.05, 4.69) is 48.0 Å². The molecule has 3 aromatic heterocycles. The van der Waals surface area contributed by atoms with Gasteiger partial charge in [-0.25, -0.2) is 18.2 Å². The minimum Gasteiger partial charge on any atom is -0.480 e. The minimum atomic E-state index is -3.16. The number of aryl methyl sites for hydroxylation is 2. The molecule has 7 heterocycles. The number of nitrogens with zero attached hydrogens (tertiary/aromatic N) is 8. The number of amides is 2. The van der Waals surface area contributed by atoms with Crippen LogP contribution in [0, 0.1) is 11.8 Å². The average Bonchev–Trinajstić information content (AvgIpc) is 4.08. The number of benzene rings is 2. The molecular weight excluding hydrogens is 839 g/mol. The first-order valence-electron chi connectivity index (χ1n) is 21.7. The zero-order valence-corrected chi connectivity index (χ0v) is 35.8. The zero-order chi connectivity index (χ0) is 43.7. The van der Waals surface area contributed by atoms with Crippen molar-refractivity contribution >= 4 is 74.0 Å². The summed E-state index contributed by atoms with van der Waals surface area (Å²) in [5, 5.41) is 15.1. The Labute approximate surface area is 365 Å². The van der Waals surface area contributed by atoms with E-state index in [0.717, 1.165) is 55.7 Å². The average molecular weight is 888 g/mol. The molecule has 1 saturated carbocycles. The molecule has 10 rings (SSSR count). The van der Waals surface area contributed by atoms with Crippen molar-refractivity contribution in [3.8, 4) is 5.75 Å². The van der Waals surface area contributed by atoms with Crippen molar-refractivity contribution in [2.75, 3.05) is 72.9 Å². The van der Waals surface area contributed by atoms with Gasteiger partial charge in [-0.2, -0.15) is 10.1 Å². The van der Waals surface area contributed by atoms with Crippen LogP contribution in [0.2, 0.25) is 5.02 Å². The Balaban J connectivity index is 0.754. The van der Waals surface area contributed by atoms with Crippen molar-refractivity contribution in [3.05, 3.63) is 63.7 Å². The SMILES string of the molecule is Cn1nc(C2CCC(=O)NC2=O)c2ccc(N3CCN(CCC4CCN(c5ncc(Cl)c(Nc6ccc7c(c6)c6c(c(=O)n7C)OCC(F)(F)[C@H](C7CC7)N6)n5)C[C@H]4F)CC3)cc21. The van der Waals surface area contributed by atoms with Gasteiger partial charge >= 0.3 is 5.92 Å². The predicted octanol–water partition coefficient (Wildman–Crippen LogP) is 5.73. The topological polar surface area (TPSA) is 155 Å². The first-order valence-corrected chi connectivity index (χ1v) is 22.1. The molecule has 15 nitrogen and oxygen atoms in total. The molecule has 5 aromatic rings. The van der Waals surface area contributed by atoms with Gasteiger partial charge in [0.2, 0.25) is 23.5 Å². The molecule has 4 fully saturated rings. The molecule has 19 heteroatoms. The van der Waals surface area contributed by atoms with Crippen LogP contribution in [0.3, 0.4) is 0 Å². The number of fused-ring (bicyclic) bond motifs is 4. The van der Waals surface area contributed by atoms with Gasteiger partial charge in [-0.3, -0.25) is 29.3 Å². The Kier molecular flexibility index (Phi) is 10.6. The lowest BCUT2D eigenvalue weighted by atomic mass is 9.91. The Bertz CT molecular complexity index is 2680. The van der Waals surface area contributed by atoms with Gasteiger partial charge < -0.3 is 29.7 Å². The summed E-state index contributed by atoms with van der Waals surface area (Å²) >= 11 is 6.58. The normalized spacial score (nSPS) is 24.2. The van der Waals surface area contributed by atoms with E-state index in [0.29, 0.717) is 72.7 Å². The van der Waals surface area contributed by atoms with E-state index in [-0.39, 0.29) is 46.7 Å². The van der Waals surface area contributed by atoms with E-state index in [9.17, 15) is 14.4 Å². The third-order valence-corrected chi connectivity index (χ3v) is 13.8. The van der Waals surface area contributed by atoms with Crippen LogP contribution in [0.4, 0.5) is 42.0 Å². The highest BCUT2D eigenvalue weighted by Gasteiger charge is 2.51. The highest BCUT2D eigenvalue weighted by molar-refractivity contribution is 6.33. The number of rotatable bonds is 9. The highest BCUT2D eigenvalue weighted by atomic mass is 35.5. The Morgan fingerprint density at radius 3 is 2.52 bits per heavy atom. The Morgan fingerprint density at radius 2 is 1.76 bits per heavy atom. The molecule has 3 saturated heterocycles. The van der Waals surface area contributed by atoms with Gasteiger partial charge in [-0.1, -0.05) is 11.6 Å². The van der Waals surface area contributed by atoms with Crippen LogP contribution >= 0.6 is 11.6 Å². The lowest BCUT2D eigenvalue weighted by Crippen LogP contribution is -2.48. The maximum Gasteiger partial charge on any atom is 0.301 e. The first kappa shape index (κ1) is 41.4. The number of carbonyl (C=O) groups is 2. The number of halogens is 4. The van der Waals surface area contributed by atoms with Crippen molar-refractivity contribution in [1.29, 1.82) is 0 Å². The summed E-state index contributed by atoms with van der Waals surface area (Å²) in [4.78, 5) is 53.2.